The number of hydrogen-bond acceptors (Lipinski definition) is 8. The molecule has 2 amide bonds. The highest BCUT2D eigenvalue weighted by molar-refractivity contribution is 5.99. The van der Waals surface area contributed by atoms with Crippen molar-refractivity contribution in [1.82, 2.24) is 24.8 Å². The van der Waals surface area contributed by atoms with Crippen LogP contribution in [0, 0.1) is 11.8 Å². The lowest BCUT2D eigenvalue weighted by molar-refractivity contribution is -0.161. The van der Waals surface area contributed by atoms with Crippen LogP contribution in [0.2, 0.25) is 0 Å². The minimum Gasteiger partial charge on any atom is -0.465 e. The first-order valence-electron chi connectivity index (χ1n) is 15.1. The molecular weight excluding hydrogens is 562 g/mol. The maximum Gasteiger partial charge on any atom is 0.313 e. The molecule has 7 rings (SSSR count). The Bertz CT molecular complexity index is 1650. The van der Waals surface area contributed by atoms with Crippen molar-refractivity contribution in [2.45, 2.75) is 56.1 Å². The van der Waals surface area contributed by atoms with Gasteiger partial charge in [-0.2, -0.15) is 0 Å². The van der Waals surface area contributed by atoms with E-state index in [1.54, 1.807) is 22.6 Å². The highest BCUT2D eigenvalue weighted by Crippen LogP contribution is 2.57. The summed E-state index contributed by atoms with van der Waals surface area (Å²) < 4.78 is 14.2. The Morgan fingerprint density at radius 1 is 1.00 bits per heavy atom. The van der Waals surface area contributed by atoms with E-state index in [-0.39, 0.29) is 32.3 Å². The molecule has 1 unspecified atom stereocenters. The van der Waals surface area contributed by atoms with E-state index in [1.807, 2.05) is 72.8 Å². The SMILES string of the molecule is C[C@@]12/C=C\CCCOC(=O)[C@@H]1[C@H]1C(=O)N([C@@H](CO)Cc3ccccc3)C3C(=O)N(Cn4nnc5ccccc54)CC=C[C@@]31O2. The van der Waals surface area contributed by atoms with E-state index < -0.39 is 47.0 Å². The van der Waals surface area contributed by atoms with Gasteiger partial charge in [0, 0.05) is 6.54 Å². The molecule has 2 aromatic carbocycles. The molecule has 0 saturated carbocycles. The number of nitrogens with zero attached hydrogens (tertiary/aromatic N) is 5. The van der Waals surface area contributed by atoms with Gasteiger partial charge in [-0.05, 0) is 43.9 Å². The van der Waals surface area contributed by atoms with E-state index in [2.05, 4.69) is 10.3 Å². The summed E-state index contributed by atoms with van der Waals surface area (Å²) in [5, 5.41) is 19.2. The number of benzene rings is 2. The molecule has 1 N–H and O–H groups in total. The summed E-state index contributed by atoms with van der Waals surface area (Å²) in [5.41, 5.74) is -0.262. The number of carbonyl (C=O) groups is 3. The predicted molar refractivity (Wildman–Crippen MR) is 159 cm³/mol. The van der Waals surface area contributed by atoms with E-state index >= 15 is 0 Å². The van der Waals surface area contributed by atoms with Gasteiger partial charge in [-0.15, -0.1) is 5.10 Å². The second-order valence-electron chi connectivity index (χ2n) is 12.2. The number of esters is 1. The summed E-state index contributed by atoms with van der Waals surface area (Å²) in [6.07, 6.45) is 9.10. The number of aliphatic hydroxyl groups excluding tert-OH is 1. The lowest BCUT2D eigenvalue weighted by Gasteiger charge is -2.40. The molecule has 0 bridgehead atoms. The number of hydrogen-bond donors (Lipinski definition) is 1. The number of likely N-dealkylation sites (tertiary alicyclic amines) is 1. The summed E-state index contributed by atoms with van der Waals surface area (Å²) in [5.74, 6) is -3.28. The molecule has 2 fully saturated rings. The first-order valence-corrected chi connectivity index (χ1v) is 15.1. The van der Waals surface area contributed by atoms with E-state index in [0.29, 0.717) is 24.8 Å². The van der Waals surface area contributed by atoms with Gasteiger partial charge < -0.3 is 24.4 Å². The van der Waals surface area contributed by atoms with Crippen molar-refractivity contribution >= 4 is 28.8 Å². The summed E-state index contributed by atoms with van der Waals surface area (Å²) >= 11 is 0. The molecule has 228 valence electrons. The van der Waals surface area contributed by atoms with Gasteiger partial charge in [-0.25, -0.2) is 4.68 Å². The van der Waals surface area contributed by atoms with Crippen LogP contribution in [-0.2, 0) is 36.9 Å². The third-order valence-electron chi connectivity index (χ3n) is 9.41. The van der Waals surface area contributed by atoms with Gasteiger partial charge in [-0.1, -0.05) is 72.0 Å². The Kier molecular flexibility index (Phi) is 7.09. The van der Waals surface area contributed by atoms with Gasteiger partial charge in [0.15, 0.2) is 0 Å². The molecule has 11 nitrogen and oxygen atoms in total. The molecule has 0 radical (unpaired) electrons. The van der Waals surface area contributed by atoms with Crippen molar-refractivity contribution in [2.75, 3.05) is 19.8 Å². The standard InChI is InChI=1S/C33H35N5O6/c1-32-15-8-3-9-18-43-31(42)27(32)26-29(40)38(23(20-39)19-22-11-4-2-5-12-22)28-30(41)36(17-10-16-33(26,28)44-32)21-37-25-14-7-6-13-24(25)34-35-37/h2,4-8,10-16,23,26-28,39H,3,9,17-21H2,1H3/b15-8-/t23-,26+,27+,28?,32-,33+/m1/s1. The Morgan fingerprint density at radius 3 is 2.61 bits per heavy atom. The zero-order chi connectivity index (χ0) is 30.5. The Balaban J connectivity index is 1.33. The molecule has 0 aliphatic carbocycles. The predicted octanol–water partition coefficient (Wildman–Crippen LogP) is 2.25. The molecule has 4 aliphatic rings. The Labute approximate surface area is 254 Å². The van der Waals surface area contributed by atoms with Crippen LogP contribution in [-0.4, -0.2) is 90.7 Å². The topological polar surface area (TPSA) is 127 Å². The number of carbonyl (C=O) groups excluding carboxylic acids is 3. The molecule has 11 heteroatoms. The van der Waals surface area contributed by atoms with Gasteiger partial charge in [-0.3, -0.25) is 14.4 Å². The zero-order valence-corrected chi connectivity index (χ0v) is 24.5. The average Bonchev–Trinajstić information content (AvgIpc) is 3.60. The molecule has 2 saturated heterocycles. The number of para-hydroxylation sites is 1. The molecule has 44 heavy (non-hydrogen) atoms. The fraction of sp³-hybridized carbons (Fsp3) is 0.424. The fourth-order valence-electron chi connectivity index (χ4n) is 7.46. The molecule has 3 aromatic rings. The molecule has 1 aromatic heterocycles. The first-order chi connectivity index (χ1) is 21.4. The van der Waals surface area contributed by atoms with Crippen molar-refractivity contribution in [3.63, 3.8) is 0 Å². The molecular formula is C33H35N5O6. The molecule has 5 heterocycles. The van der Waals surface area contributed by atoms with Gasteiger partial charge in [0.1, 0.15) is 29.7 Å². The van der Waals surface area contributed by atoms with Crippen LogP contribution in [0.25, 0.3) is 11.0 Å². The highest BCUT2D eigenvalue weighted by atomic mass is 16.6. The number of allylic oxidation sites excluding steroid dienone is 1. The zero-order valence-electron chi connectivity index (χ0n) is 24.5. The lowest BCUT2D eigenvalue weighted by atomic mass is 9.74. The second kappa shape index (κ2) is 11.0. The van der Waals surface area contributed by atoms with E-state index in [4.69, 9.17) is 9.47 Å². The van der Waals surface area contributed by atoms with E-state index in [1.165, 1.54) is 4.90 Å². The van der Waals surface area contributed by atoms with Gasteiger partial charge >= 0.3 is 5.97 Å². The third-order valence-corrected chi connectivity index (χ3v) is 9.41. The normalized spacial score (nSPS) is 31.4. The minimum absolute atomic E-state index is 0.0914. The first kappa shape index (κ1) is 28.4. The van der Waals surface area contributed by atoms with Crippen LogP contribution in [0.15, 0.2) is 78.9 Å². The van der Waals surface area contributed by atoms with Crippen LogP contribution >= 0.6 is 0 Å². The summed E-state index contributed by atoms with van der Waals surface area (Å²) in [6, 6.07) is 15.1. The van der Waals surface area contributed by atoms with Gasteiger partial charge in [0.25, 0.3) is 5.91 Å². The number of ether oxygens (including phenoxy) is 2. The van der Waals surface area contributed by atoms with Crippen molar-refractivity contribution in [1.29, 1.82) is 0 Å². The minimum atomic E-state index is -1.46. The van der Waals surface area contributed by atoms with Crippen LogP contribution in [0.5, 0.6) is 0 Å². The van der Waals surface area contributed by atoms with Gasteiger partial charge in [0.2, 0.25) is 5.91 Å². The Morgan fingerprint density at radius 2 is 1.80 bits per heavy atom. The highest BCUT2D eigenvalue weighted by Gasteiger charge is 2.75. The van der Waals surface area contributed by atoms with Crippen molar-refractivity contribution in [2.24, 2.45) is 11.8 Å². The summed E-state index contributed by atoms with van der Waals surface area (Å²) in [6.45, 7) is 1.97. The number of aromatic nitrogens is 3. The molecule has 6 atom stereocenters. The second-order valence-corrected chi connectivity index (χ2v) is 12.2. The number of aliphatic hydroxyl groups is 1. The lowest BCUT2D eigenvalue weighted by Crippen LogP contribution is -2.59. The summed E-state index contributed by atoms with van der Waals surface area (Å²) in [7, 11) is 0. The quantitative estimate of drug-likeness (QED) is 0.339. The maximum atomic E-state index is 14.8. The Hall–Kier alpha value is -4.35. The number of rotatable bonds is 6. The monoisotopic (exact) mass is 597 g/mol. The van der Waals surface area contributed by atoms with E-state index in [9.17, 15) is 19.5 Å². The number of cyclic esters (lactones) is 1. The molecule has 1 spiro atoms. The van der Waals surface area contributed by atoms with Crippen LogP contribution in [0.1, 0.15) is 25.3 Å². The van der Waals surface area contributed by atoms with Crippen LogP contribution in [0.4, 0.5) is 0 Å². The van der Waals surface area contributed by atoms with Crippen molar-refractivity contribution in [3.8, 4) is 0 Å². The number of amides is 2. The smallest absolute Gasteiger partial charge is 0.313 e. The maximum absolute atomic E-state index is 14.8. The van der Waals surface area contributed by atoms with Crippen molar-refractivity contribution in [3.05, 3.63) is 84.5 Å². The van der Waals surface area contributed by atoms with Crippen LogP contribution < -0.4 is 0 Å². The van der Waals surface area contributed by atoms with Crippen LogP contribution in [0.3, 0.4) is 0 Å². The average molecular weight is 598 g/mol. The van der Waals surface area contributed by atoms with Gasteiger partial charge in [0.05, 0.1) is 36.3 Å². The summed E-state index contributed by atoms with van der Waals surface area (Å²) in [4.78, 5) is 46.2. The molecule has 4 aliphatic heterocycles. The van der Waals surface area contributed by atoms with E-state index in [0.717, 1.165) is 11.1 Å². The fourth-order valence-corrected chi connectivity index (χ4v) is 7.46. The number of fused-ring (bicyclic) bond motifs is 3. The van der Waals surface area contributed by atoms with Crippen molar-refractivity contribution < 1.29 is 29.0 Å². The largest absolute Gasteiger partial charge is 0.465 e. The third kappa shape index (κ3) is 4.45.